The largest absolute Gasteiger partial charge is 0.380 e. The molecule has 0 saturated heterocycles. The summed E-state index contributed by atoms with van der Waals surface area (Å²) in [6.07, 6.45) is 0. The Morgan fingerprint density at radius 2 is 1.75 bits per heavy atom. The molecular weight excluding hydrogens is 289 g/mol. The van der Waals surface area contributed by atoms with Gasteiger partial charge in [-0.05, 0) is 24.3 Å². The molecule has 2 aromatic carbocycles. The van der Waals surface area contributed by atoms with Crippen molar-refractivity contribution in [2.24, 2.45) is 0 Å². The molecule has 0 aliphatic rings. The Bertz CT molecular complexity index is 696. The van der Waals surface area contributed by atoms with Crippen LogP contribution in [0.3, 0.4) is 0 Å². The highest BCUT2D eigenvalue weighted by Gasteiger charge is 2.10. The Labute approximate surface area is 118 Å². The lowest BCUT2D eigenvalue weighted by molar-refractivity contribution is 0.490. The first-order chi connectivity index (χ1) is 9.51. The molecule has 0 aromatic heterocycles. The van der Waals surface area contributed by atoms with Crippen LogP contribution in [0.5, 0.6) is 0 Å². The molecule has 6 heteroatoms. The topological polar surface area (TPSA) is 35.8 Å². The van der Waals surface area contributed by atoms with E-state index in [0.29, 0.717) is 22.3 Å². The van der Waals surface area contributed by atoms with Crippen molar-refractivity contribution in [1.82, 2.24) is 0 Å². The summed E-state index contributed by atoms with van der Waals surface area (Å²) in [4.78, 5) is 0. The zero-order valence-electron chi connectivity index (χ0n) is 10.1. The number of hydrogen-bond donors (Lipinski definition) is 1. The van der Waals surface area contributed by atoms with Gasteiger partial charge in [0.1, 0.15) is 11.9 Å². The third kappa shape index (κ3) is 3.03. The number of rotatable bonds is 3. The van der Waals surface area contributed by atoms with Crippen molar-refractivity contribution < 1.29 is 13.2 Å². The third-order valence-corrected chi connectivity index (χ3v) is 2.90. The van der Waals surface area contributed by atoms with Gasteiger partial charge in [0.2, 0.25) is 0 Å². The van der Waals surface area contributed by atoms with Crippen LogP contribution in [0.2, 0.25) is 5.02 Å². The van der Waals surface area contributed by atoms with Crippen LogP contribution < -0.4 is 5.32 Å². The number of anilines is 1. The second kappa shape index (κ2) is 5.85. The first-order valence-corrected chi connectivity index (χ1v) is 5.96. The van der Waals surface area contributed by atoms with Crippen LogP contribution in [0, 0.1) is 28.8 Å². The lowest BCUT2D eigenvalue weighted by atomic mass is 10.1. The second-order valence-electron chi connectivity index (χ2n) is 4.01. The van der Waals surface area contributed by atoms with Gasteiger partial charge in [-0.3, -0.25) is 0 Å². The van der Waals surface area contributed by atoms with Gasteiger partial charge in [0.05, 0.1) is 11.3 Å². The molecule has 0 radical (unpaired) electrons. The normalized spacial score (nSPS) is 10.2. The Morgan fingerprint density at radius 3 is 2.45 bits per heavy atom. The summed E-state index contributed by atoms with van der Waals surface area (Å²) in [6.45, 7) is -0.0992. The summed E-state index contributed by atoms with van der Waals surface area (Å²) in [6, 6.07) is 7.75. The third-order valence-electron chi connectivity index (χ3n) is 2.66. The quantitative estimate of drug-likeness (QED) is 0.860. The predicted octanol–water partition coefficient (Wildman–Crippen LogP) is 4.24. The van der Waals surface area contributed by atoms with E-state index in [2.05, 4.69) is 5.32 Å². The summed E-state index contributed by atoms with van der Waals surface area (Å²) in [5, 5.41) is 12.1. The van der Waals surface area contributed by atoms with Crippen molar-refractivity contribution >= 4 is 17.3 Å². The van der Waals surface area contributed by atoms with Gasteiger partial charge in [0.15, 0.2) is 11.6 Å². The maximum Gasteiger partial charge on any atom is 0.161 e. The zero-order chi connectivity index (χ0) is 14.7. The van der Waals surface area contributed by atoms with Gasteiger partial charge >= 0.3 is 0 Å². The number of halogens is 4. The molecular formula is C14H8ClF3N2. The van der Waals surface area contributed by atoms with Crippen molar-refractivity contribution in [2.45, 2.75) is 6.54 Å². The smallest absolute Gasteiger partial charge is 0.161 e. The summed E-state index contributed by atoms with van der Waals surface area (Å²) < 4.78 is 39.3. The molecule has 0 amide bonds. The molecule has 0 atom stereocenters. The molecule has 2 rings (SSSR count). The van der Waals surface area contributed by atoms with E-state index in [0.717, 1.165) is 6.07 Å². The monoisotopic (exact) mass is 296 g/mol. The Hall–Kier alpha value is -2.19. The first kappa shape index (κ1) is 14.2. The fraction of sp³-hybridized carbons (Fsp3) is 0.0714. The van der Waals surface area contributed by atoms with Gasteiger partial charge in [-0.25, -0.2) is 13.2 Å². The average molecular weight is 297 g/mol. The van der Waals surface area contributed by atoms with E-state index in [1.807, 2.05) is 6.07 Å². The van der Waals surface area contributed by atoms with Gasteiger partial charge in [-0.1, -0.05) is 11.6 Å². The Kier molecular flexibility index (Phi) is 4.16. The Balaban J connectivity index is 2.23. The van der Waals surface area contributed by atoms with Crippen molar-refractivity contribution in [3.8, 4) is 6.07 Å². The van der Waals surface area contributed by atoms with Gasteiger partial charge in [0.25, 0.3) is 0 Å². The Morgan fingerprint density at radius 1 is 1.05 bits per heavy atom. The van der Waals surface area contributed by atoms with Gasteiger partial charge in [-0.2, -0.15) is 5.26 Å². The maximum atomic E-state index is 13.5. The fourth-order valence-electron chi connectivity index (χ4n) is 1.65. The minimum Gasteiger partial charge on any atom is -0.380 e. The number of nitrogens with one attached hydrogen (secondary N) is 1. The molecule has 0 spiro atoms. The fourth-order valence-corrected chi connectivity index (χ4v) is 1.82. The number of benzene rings is 2. The molecule has 20 heavy (non-hydrogen) atoms. The molecule has 0 bridgehead atoms. The minimum atomic E-state index is -1.24. The zero-order valence-corrected chi connectivity index (χ0v) is 10.8. The lowest BCUT2D eigenvalue weighted by Crippen LogP contribution is -2.05. The van der Waals surface area contributed by atoms with Crippen LogP contribution in [0.15, 0.2) is 30.3 Å². The van der Waals surface area contributed by atoms with E-state index in [1.54, 1.807) is 6.07 Å². The molecule has 0 aliphatic carbocycles. The predicted molar refractivity (Wildman–Crippen MR) is 69.8 cm³/mol. The van der Waals surface area contributed by atoms with Crippen LogP contribution in [-0.4, -0.2) is 0 Å². The highest BCUT2D eigenvalue weighted by atomic mass is 35.5. The molecule has 0 heterocycles. The van der Waals surface area contributed by atoms with Crippen molar-refractivity contribution in [2.75, 3.05) is 5.32 Å². The standard InChI is InChI=1S/C14H8ClF3N2/c15-10-2-1-8(6-19)14(4-10)20-7-9-3-12(17)13(18)5-11(9)16/h1-5,20H,7H2. The van der Waals surface area contributed by atoms with Crippen molar-refractivity contribution in [1.29, 1.82) is 5.26 Å². The summed E-state index contributed by atoms with van der Waals surface area (Å²) in [7, 11) is 0. The van der Waals surface area contributed by atoms with E-state index in [1.165, 1.54) is 12.1 Å². The summed E-state index contributed by atoms with van der Waals surface area (Å²) in [5.41, 5.74) is 0.661. The van der Waals surface area contributed by atoms with E-state index in [4.69, 9.17) is 16.9 Å². The number of nitriles is 1. The van der Waals surface area contributed by atoms with E-state index in [-0.39, 0.29) is 12.1 Å². The van der Waals surface area contributed by atoms with Crippen molar-refractivity contribution in [3.63, 3.8) is 0 Å². The SMILES string of the molecule is N#Cc1ccc(Cl)cc1NCc1cc(F)c(F)cc1F. The molecule has 0 aliphatic heterocycles. The molecule has 2 nitrogen and oxygen atoms in total. The van der Waals surface area contributed by atoms with Crippen LogP contribution in [0.4, 0.5) is 18.9 Å². The van der Waals surface area contributed by atoms with Crippen LogP contribution in [0.1, 0.15) is 11.1 Å². The van der Waals surface area contributed by atoms with E-state index in [9.17, 15) is 13.2 Å². The summed E-state index contributed by atoms with van der Waals surface area (Å²) in [5.74, 6) is -3.24. The molecule has 0 unspecified atom stereocenters. The van der Waals surface area contributed by atoms with Crippen LogP contribution in [-0.2, 0) is 6.54 Å². The average Bonchev–Trinajstić information content (AvgIpc) is 2.41. The minimum absolute atomic E-state index is 0.0484. The number of hydrogen-bond acceptors (Lipinski definition) is 2. The molecule has 1 N–H and O–H groups in total. The summed E-state index contributed by atoms with van der Waals surface area (Å²) >= 11 is 5.80. The van der Waals surface area contributed by atoms with Gasteiger partial charge < -0.3 is 5.32 Å². The molecule has 0 fully saturated rings. The van der Waals surface area contributed by atoms with E-state index >= 15 is 0 Å². The first-order valence-electron chi connectivity index (χ1n) is 5.58. The lowest BCUT2D eigenvalue weighted by Gasteiger charge is -2.10. The molecule has 2 aromatic rings. The van der Waals surface area contributed by atoms with Gasteiger partial charge in [-0.15, -0.1) is 0 Å². The molecule has 102 valence electrons. The van der Waals surface area contributed by atoms with E-state index < -0.39 is 17.5 Å². The highest BCUT2D eigenvalue weighted by molar-refractivity contribution is 6.30. The number of nitrogens with zero attached hydrogens (tertiary/aromatic N) is 1. The molecule has 0 saturated carbocycles. The highest BCUT2D eigenvalue weighted by Crippen LogP contribution is 2.22. The van der Waals surface area contributed by atoms with Crippen LogP contribution in [0.25, 0.3) is 0 Å². The van der Waals surface area contributed by atoms with Crippen molar-refractivity contribution in [3.05, 3.63) is 63.9 Å². The maximum absolute atomic E-state index is 13.5. The van der Waals surface area contributed by atoms with Gasteiger partial charge in [0, 0.05) is 23.2 Å². The second-order valence-corrected chi connectivity index (χ2v) is 4.45. The van der Waals surface area contributed by atoms with Crippen LogP contribution >= 0.6 is 11.6 Å².